The first-order valence-corrected chi connectivity index (χ1v) is 10.2. The third kappa shape index (κ3) is 3.74. The van der Waals surface area contributed by atoms with Crippen LogP contribution < -0.4 is 0 Å². The van der Waals surface area contributed by atoms with E-state index in [1.807, 2.05) is 0 Å². The Morgan fingerprint density at radius 3 is 2.44 bits per heavy atom. The van der Waals surface area contributed by atoms with E-state index in [-0.39, 0.29) is 5.41 Å². The van der Waals surface area contributed by atoms with Crippen molar-refractivity contribution in [2.75, 3.05) is 0 Å². The monoisotopic (exact) mass is 260 g/mol. The highest BCUT2D eigenvalue weighted by Crippen LogP contribution is 2.39. The van der Waals surface area contributed by atoms with Crippen LogP contribution in [-0.2, 0) is 10.8 Å². The van der Waals surface area contributed by atoms with Crippen LogP contribution in [0.1, 0.15) is 25.3 Å². The molecule has 1 aromatic rings. The van der Waals surface area contributed by atoms with Crippen LogP contribution in [0.25, 0.3) is 0 Å². The molecule has 0 fully saturated rings. The van der Waals surface area contributed by atoms with Crippen molar-refractivity contribution in [1.29, 1.82) is 0 Å². The van der Waals surface area contributed by atoms with Crippen molar-refractivity contribution in [3.05, 3.63) is 47.7 Å². The molecule has 18 heavy (non-hydrogen) atoms. The molecular formula is C16H24OSi. The van der Waals surface area contributed by atoms with Gasteiger partial charge in [-0.3, -0.25) is 0 Å². The lowest BCUT2D eigenvalue weighted by atomic mass is 9.83. The van der Waals surface area contributed by atoms with E-state index in [2.05, 4.69) is 63.0 Å². The van der Waals surface area contributed by atoms with Crippen molar-refractivity contribution in [2.24, 2.45) is 5.41 Å². The van der Waals surface area contributed by atoms with Crippen molar-refractivity contribution >= 4 is 8.32 Å². The average Bonchev–Trinajstić information content (AvgIpc) is 2.58. The van der Waals surface area contributed by atoms with E-state index < -0.39 is 8.32 Å². The molecule has 2 rings (SSSR count). The minimum Gasteiger partial charge on any atom is -0.548 e. The summed E-state index contributed by atoms with van der Waals surface area (Å²) in [6.45, 7) is 9.10. The third-order valence-electron chi connectivity index (χ3n) is 3.34. The summed E-state index contributed by atoms with van der Waals surface area (Å²) >= 11 is 0. The van der Waals surface area contributed by atoms with Gasteiger partial charge >= 0.3 is 0 Å². The van der Waals surface area contributed by atoms with Gasteiger partial charge in [-0.25, -0.2) is 0 Å². The maximum Gasteiger partial charge on any atom is 0.241 e. The van der Waals surface area contributed by atoms with Crippen LogP contribution in [0.15, 0.2) is 42.2 Å². The third-order valence-corrected chi connectivity index (χ3v) is 4.21. The average molecular weight is 260 g/mol. The topological polar surface area (TPSA) is 9.23 Å². The Kier molecular flexibility index (Phi) is 3.67. The minimum atomic E-state index is -1.45. The van der Waals surface area contributed by atoms with Gasteiger partial charge in [-0.2, -0.15) is 0 Å². The molecule has 0 amide bonds. The number of allylic oxidation sites excluding steroid dienone is 2. The summed E-state index contributed by atoms with van der Waals surface area (Å²) in [5, 5.41) is 0. The van der Waals surface area contributed by atoms with Crippen LogP contribution in [0, 0.1) is 5.41 Å². The second-order valence-electron chi connectivity index (χ2n) is 6.64. The lowest BCUT2D eigenvalue weighted by molar-refractivity contribution is 0.396. The maximum atomic E-state index is 6.13. The van der Waals surface area contributed by atoms with Crippen LogP contribution in [0.3, 0.4) is 0 Å². The zero-order valence-electron chi connectivity index (χ0n) is 12.0. The Labute approximate surface area is 112 Å². The molecule has 1 aromatic carbocycles. The first kappa shape index (κ1) is 13.4. The first-order valence-electron chi connectivity index (χ1n) is 6.81. The van der Waals surface area contributed by atoms with E-state index >= 15 is 0 Å². The standard InChI is InChI=1S/C16H24OSi/c1-16(12-14-8-6-5-7-9-14)11-10-15(13-16)17-18(2,3)4/h5-9,13H,10-12H2,1-4H3. The van der Waals surface area contributed by atoms with E-state index in [1.165, 1.54) is 17.7 Å². The van der Waals surface area contributed by atoms with E-state index in [1.54, 1.807) is 0 Å². The summed E-state index contributed by atoms with van der Waals surface area (Å²) in [6, 6.07) is 10.8. The molecule has 1 aliphatic carbocycles. The van der Waals surface area contributed by atoms with Gasteiger partial charge in [0.25, 0.3) is 0 Å². The molecule has 0 radical (unpaired) electrons. The van der Waals surface area contributed by atoms with Gasteiger partial charge in [-0.05, 0) is 49.5 Å². The fraction of sp³-hybridized carbons (Fsp3) is 0.500. The first-order chi connectivity index (χ1) is 8.36. The number of hydrogen-bond donors (Lipinski definition) is 0. The summed E-state index contributed by atoms with van der Waals surface area (Å²) in [7, 11) is -1.45. The quantitative estimate of drug-likeness (QED) is 0.709. The molecular weight excluding hydrogens is 236 g/mol. The predicted molar refractivity (Wildman–Crippen MR) is 80.0 cm³/mol. The van der Waals surface area contributed by atoms with E-state index in [9.17, 15) is 0 Å². The van der Waals surface area contributed by atoms with Gasteiger partial charge in [0.05, 0.1) is 5.76 Å². The molecule has 1 aliphatic rings. The lowest BCUT2D eigenvalue weighted by Crippen LogP contribution is -2.24. The van der Waals surface area contributed by atoms with Gasteiger partial charge in [0.2, 0.25) is 8.32 Å². The van der Waals surface area contributed by atoms with Crippen molar-refractivity contribution in [3.63, 3.8) is 0 Å². The van der Waals surface area contributed by atoms with Gasteiger partial charge in [-0.1, -0.05) is 37.3 Å². The highest BCUT2D eigenvalue weighted by molar-refractivity contribution is 6.70. The summed E-state index contributed by atoms with van der Waals surface area (Å²) < 4.78 is 6.13. The highest BCUT2D eigenvalue weighted by atomic mass is 28.4. The van der Waals surface area contributed by atoms with Crippen molar-refractivity contribution in [3.8, 4) is 0 Å². The Morgan fingerprint density at radius 1 is 1.17 bits per heavy atom. The Balaban J connectivity index is 2.05. The summed E-state index contributed by atoms with van der Waals surface area (Å²) in [4.78, 5) is 0. The fourth-order valence-electron chi connectivity index (χ4n) is 2.62. The summed E-state index contributed by atoms with van der Waals surface area (Å²) in [5.74, 6) is 1.23. The molecule has 2 heteroatoms. The number of rotatable bonds is 4. The minimum absolute atomic E-state index is 0.274. The predicted octanol–water partition coefficient (Wildman–Crippen LogP) is 4.76. The Morgan fingerprint density at radius 2 is 1.83 bits per heavy atom. The van der Waals surface area contributed by atoms with E-state index in [4.69, 9.17) is 4.43 Å². The maximum absolute atomic E-state index is 6.13. The smallest absolute Gasteiger partial charge is 0.241 e. The van der Waals surface area contributed by atoms with Gasteiger partial charge in [0.1, 0.15) is 0 Å². The van der Waals surface area contributed by atoms with Crippen molar-refractivity contribution in [1.82, 2.24) is 0 Å². The number of benzene rings is 1. The lowest BCUT2D eigenvalue weighted by Gasteiger charge is -2.21. The molecule has 0 heterocycles. The van der Waals surface area contributed by atoms with E-state index in [0.29, 0.717) is 0 Å². The van der Waals surface area contributed by atoms with Gasteiger partial charge < -0.3 is 4.43 Å². The molecule has 1 unspecified atom stereocenters. The van der Waals surface area contributed by atoms with Gasteiger partial charge in [0, 0.05) is 6.42 Å². The number of hydrogen-bond acceptors (Lipinski definition) is 1. The normalized spacial score (nSPS) is 23.9. The second-order valence-corrected chi connectivity index (χ2v) is 11.1. The summed E-state index contributed by atoms with van der Waals surface area (Å²) in [5.41, 5.74) is 1.70. The molecule has 0 bridgehead atoms. The zero-order valence-corrected chi connectivity index (χ0v) is 13.0. The second kappa shape index (κ2) is 4.92. The molecule has 0 spiro atoms. The van der Waals surface area contributed by atoms with Crippen LogP contribution in [-0.4, -0.2) is 8.32 Å². The molecule has 0 saturated carbocycles. The molecule has 1 nitrogen and oxygen atoms in total. The molecule has 98 valence electrons. The largest absolute Gasteiger partial charge is 0.548 e. The van der Waals surface area contributed by atoms with E-state index in [0.717, 1.165) is 12.8 Å². The Bertz CT molecular complexity index is 430. The summed E-state index contributed by atoms with van der Waals surface area (Å²) in [6.07, 6.45) is 5.81. The van der Waals surface area contributed by atoms with Gasteiger partial charge in [0.15, 0.2) is 0 Å². The zero-order chi connectivity index (χ0) is 13.2. The van der Waals surface area contributed by atoms with Crippen LogP contribution in [0.5, 0.6) is 0 Å². The Hall–Kier alpha value is -1.02. The highest BCUT2D eigenvalue weighted by Gasteiger charge is 2.31. The molecule has 0 aromatic heterocycles. The van der Waals surface area contributed by atoms with Crippen LogP contribution in [0.2, 0.25) is 19.6 Å². The van der Waals surface area contributed by atoms with Gasteiger partial charge in [-0.15, -0.1) is 0 Å². The van der Waals surface area contributed by atoms with Crippen LogP contribution in [0.4, 0.5) is 0 Å². The fourth-order valence-corrected chi connectivity index (χ4v) is 3.56. The SMILES string of the molecule is CC1(Cc2ccccc2)C=C(O[Si](C)(C)C)CC1. The molecule has 0 saturated heterocycles. The molecule has 1 atom stereocenters. The van der Waals surface area contributed by atoms with Crippen molar-refractivity contribution < 1.29 is 4.43 Å². The molecule has 0 aliphatic heterocycles. The van der Waals surface area contributed by atoms with Crippen LogP contribution >= 0.6 is 0 Å². The molecule has 0 N–H and O–H groups in total. The van der Waals surface area contributed by atoms with Crippen molar-refractivity contribution in [2.45, 2.75) is 45.8 Å².